The van der Waals surface area contributed by atoms with Crippen molar-refractivity contribution in [2.45, 2.75) is 19.6 Å². The monoisotopic (exact) mass is 468 g/mol. The molecule has 1 N–H and O–H groups in total. The molecule has 1 amide bonds. The Labute approximate surface area is 183 Å². The molecule has 4 aromatic rings. The molecule has 0 saturated carbocycles. The van der Waals surface area contributed by atoms with E-state index in [1.54, 1.807) is 29.1 Å². The molecule has 0 saturated heterocycles. The van der Waals surface area contributed by atoms with E-state index in [0.29, 0.717) is 16.1 Å². The molecular weight excluding hydrogens is 456 g/mol. The van der Waals surface area contributed by atoms with Crippen molar-refractivity contribution in [3.05, 3.63) is 75.3 Å². The predicted octanol–water partition coefficient (Wildman–Crippen LogP) is 4.86. The highest BCUT2D eigenvalue weighted by molar-refractivity contribution is 6.37. The van der Waals surface area contributed by atoms with Crippen molar-refractivity contribution in [2.24, 2.45) is 0 Å². The molecule has 0 aliphatic carbocycles. The molecule has 0 fully saturated rings. The Morgan fingerprint density at radius 2 is 1.94 bits per heavy atom. The number of aromatic nitrogens is 5. The minimum absolute atomic E-state index is 0.0911. The molecular formula is C19H13Cl2F3N6O. The highest BCUT2D eigenvalue weighted by Gasteiger charge is 2.36. The number of nitrogens with one attached hydrogen (secondary N) is 1. The van der Waals surface area contributed by atoms with Crippen molar-refractivity contribution in [3.63, 3.8) is 0 Å². The predicted molar refractivity (Wildman–Crippen MR) is 108 cm³/mol. The first kappa shape index (κ1) is 21.1. The Morgan fingerprint density at radius 1 is 1.16 bits per heavy atom. The van der Waals surface area contributed by atoms with Gasteiger partial charge in [-0.1, -0.05) is 35.3 Å². The SMILES string of the molecule is Cc1cc(C(F)(F)F)n2nc(C(=O)Nc3ccn(Cc4cccc(Cl)c4)n3)c(Cl)c2n1. The number of alkyl halides is 3. The van der Waals surface area contributed by atoms with E-state index in [-0.39, 0.29) is 22.2 Å². The van der Waals surface area contributed by atoms with Crippen molar-refractivity contribution < 1.29 is 18.0 Å². The summed E-state index contributed by atoms with van der Waals surface area (Å²) in [6, 6.07) is 9.57. The largest absolute Gasteiger partial charge is 0.433 e. The second-order valence-electron chi connectivity index (χ2n) is 6.66. The topological polar surface area (TPSA) is 77.1 Å². The van der Waals surface area contributed by atoms with Crippen LogP contribution in [0.15, 0.2) is 42.6 Å². The van der Waals surface area contributed by atoms with E-state index < -0.39 is 23.5 Å². The van der Waals surface area contributed by atoms with Gasteiger partial charge in [-0.15, -0.1) is 0 Å². The summed E-state index contributed by atoms with van der Waals surface area (Å²) in [5.41, 5.74) is -0.742. The van der Waals surface area contributed by atoms with Gasteiger partial charge in [-0.2, -0.15) is 23.4 Å². The van der Waals surface area contributed by atoms with Crippen LogP contribution >= 0.6 is 23.2 Å². The third-order valence-electron chi connectivity index (χ3n) is 4.28. The van der Waals surface area contributed by atoms with Crippen LogP contribution in [-0.4, -0.2) is 30.3 Å². The molecule has 0 atom stereocenters. The lowest BCUT2D eigenvalue weighted by Crippen LogP contribution is -2.16. The van der Waals surface area contributed by atoms with E-state index in [2.05, 4.69) is 20.5 Å². The van der Waals surface area contributed by atoms with Crippen molar-refractivity contribution >= 4 is 40.6 Å². The number of rotatable bonds is 4. The van der Waals surface area contributed by atoms with Gasteiger partial charge in [0.25, 0.3) is 5.91 Å². The average Bonchev–Trinajstić information content (AvgIpc) is 3.25. The van der Waals surface area contributed by atoms with Crippen LogP contribution in [0, 0.1) is 6.92 Å². The van der Waals surface area contributed by atoms with Crippen LogP contribution in [0.5, 0.6) is 0 Å². The van der Waals surface area contributed by atoms with Crippen LogP contribution in [0.25, 0.3) is 5.65 Å². The molecule has 4 rings (SSSR count). The molecule has 0 aliphatic heterocycles. The summed E-state index contributed by atoms with van der Waals surface area (Å²) in [6.45, 7) is 1.80. The first-order chi connectivity index (χ1) is 14.6. The summed E-state index contributed by atoms with van der Waals surface area (Å²) >= 11 is 12.1. The molecule has 31 heavy (non-hydrogen) atoms. The maximum atomic E-state index is 13.3. The van der Waals surface area contributed by atoms with E-state index in [1.165, 1.54) is 13.0 Å². The smallest absolute Gasteiger partial charge is 0.304 e. The number of carbonyl (C=O) groups excluding carboxylic acids is 1. The Morgan fingerprint density at radius 3 is 2.65 bits per heavy atom. The number of amides is 1. The Balaban J connectivity index is 1.59. The summed E-state index contributed by atoms with van der Waals surface area (Å²) in [7, 11) is 0. The van der Waals surface area contributed by atoms with Crippen LogP contribution in [0.3, 0.4) is 0 Å². The van der Waals surface area contributed by atoms with E-state index in [1.807, 2.05) is 6.07 Å². The van der Waals surface area contributed by atoms with Gasteiger partial charge in [-0.3, -0.25) is 9.48 Å². The number of nitrogens with zero attached hydrogens (tertiary/aromatic N) is 5. The lowest BCUT2D eigenvalue weighted by atomic mass is 10.2. The Hall–Kier alpha value is -3.11. The first-order valence-electron chi connectivity index (χ1n) is 8.84. The van der Waals surface area contributed by atoms with Crippen LogP contribution < -0.4 is 5.32 Å². The van der Waals surface area contributed by atoms with E-state index in [9.17, 15) is 18.0 Å². The van der Waals surface area contributed by atoms with Crippen LogP contribution in [0.4, 0.5) is 19.0 Å². The minimum atomic E-state index is -4.70. The van der Waals surface area contributed by atoms with Gasteiger partial charge >= 0.3 is 6.18 Å². The van der Waals surface area contributed by atoms with Crippen molar-refractivity contribution in [1.82, 2.24) is 24.4 Å². The highest BCUT2D eigenvalue weighted by atomic mass is 35.5. The second kappa shape index (κ2) is 7.86. The first-order valence-corrected chi connectivity index (χ1v) is 9.60. The number of hydrogen-bond acceptors (Lipinski definition) is 4. The number of halogens is 5. The molecule has 3 heterocycles. The van der Waals surface area contributed by atoms with Gasteiger partial charge in [-0.05, 0) is 30.7 Å². The Bertz CT molecular complexity index is 1300. The maximum absolute atomic E-state index is 13.3. The van der Waals surface area contributed by atoms with Crippen LogP contribution in [0.2, 0.25) is 10.0 Å². The third kappa shape index (κ3) is 4.35. The fraction of sp³-hybridized carbons (Fsp3) is 0.158. The molecule has 3 aromatic heterocycles. The van der Waals surface area contributed by atoms with Gasteiger partial charge in [0.1, 0.15) is 10.7 Å². The minimum Gasteiger partial charge on any atom is -0.304 e. The summed E-state index contributed by atoms with van der Waals surface area (Å²) in [4.78, 5) is 16.6. The van der Waals surface area contributed by atoms with E-state index in [0.717, 1.165) is 11.6 Å². The van der Waals surface area contributed by atoms with Crippen molar-refractivity contribution in [1.29, 1.82) is 0 Å². The number of benzene rings is 1. The Kier molecular flexibility index (Phi) is 5.36. The number of anilines is 1. The molecule has 0 unspecified atom stereocenters. The lowest BCUT2D eigenvalue weighted by Gasteiger charge is -2.09. The van der Waals surface area contributed by atoms with Crippen molar-refractivity contribution in [3.8, 4) is 0 Å². The molecule has 0 spiro atoms. The van der Waals surface area contributed by atoms with Gasteiger partial charge in [0.05, 0.1) is 6.54 Å². The second-order valence-corrected chi connectivity index (χ2v) is 7.48. The molecule has 0 aliphatic rings. The van der Waals surface area contributed by atoms with Gasteiger partial charge in [-0.25, -0.2) is 9.50 Å². The van der Waals surface area contributed by atoms with Gasteiger partial charge in [0.15, 0.2) is 17.2 Å². The van der Waals surface area contributed by atoms with E-state index >= 15 is 0 Å². The zero-order valence-corrected chi connectivity index (χ0v) is 17.3. The molecule has 160 valence electrons. The number of fused-ring (bicyclic) bond motifs is 1. The van der Waals surface area contributed by atoms with Gasteiger partial charge in [0, 0.05) is 23.0 Å². The van der Waals surface area contributed by atoms with Gasteiger partial charge < -0.3 is 5.32 Å². The molecule has 1 aromatic carbocycles. The number of aryl methyl sites for hydroxylation is 1. The standard InChI is InChI=1S/C19H13Cl2F3N6O/c1-10-7-13(19(22,23)24)30-17(25-10)15(21)16(28-30)18(31)26-14-5-6-29(27-14)9-11-3-2-4-12(20)8-11/h2-8H,9H2,1H3,(H,26,27,31). The molecule has 12 heteroatoms. The molecule has 0 radical (unpaired) electrons. The summed E-state index contributed by atoms with van der Waals surface area (Å²) in [5, 5.41) is 10.7. The zero-order chi connectivity index (χ0) is 22.3. The van der Waals surface area contributed by atoms with Crippen LogP contribution in [-0.2, 0) is 12.7 Å². The molecule has 0 bridgehead atoms. The highest BCUT2D eigenvalue weighted by Crippen LogP contribution is 2.32. The summed E-state index contributed by atoms with van der Waals surface area (Å²) in [6.07, 6.45) is -3.07. The lowest BCUT2D eigenvalue weighted by molar-refractivity contribution is -0.142. The van der Waals surface area contributed by atoms with Gasteiger partial charge in [0.2, 0.25) is 0 Å². The van der Waals surface area contributed by atoms with Crippen molar-refractivity contribution in [2.75, 3.05) is 5.32 Å². The quantitative estimate of drug-likeness (QED) is 0.463. The average molecular weight is 469 g/mol. The third-order valence-corrected chi connectivity index (χ3v) is 4.87. The fourth-order valence-electron chi connectivity index (χ4n) is 2.97. The van der Waals surface area contributed by atoms with E-state index in [4.69, 9.17) is 23.2 Å². The summed E-state index contributed by atoms with van der Waals surface area (Å²) < 4.78 is 42.1. The van der Waals surface area contributed by atoms with Crippen LogP contribution in [0.1, 0.15) is 27.4 Å². The summed E-state index contributed by atoms with van der Waals surface area (Å²) in [5.74, 6) is -0.630. The fourth-order valence-corrected chi connectivity index (χ4v) is 3.43. The normalized spacial score (nSPS) is 11.8. The maximum Gasteiger partial charge on any atom is 0.433 e. The zero-order valence-electron chi connectivity index (χ0n) is 15.8. The number of carbonyl (C=O) groups is 1. The molecule has 7 nitrogen and oxygen atoms in total. The number of hydrogen-bond donors (Lipinski definition) is 1.